The number of hydrogen-bond donors (Lipinski definition) is 2. The van der Waals surface area contributed by atoms with Crippen molar-refractivity contribution in [1.29, 1.82) is 0 Å². The van der Waals surface area contributed by atoms with Gasteiger partial charge in [0.2, 0.25) is 11.8 Å². The normalized spacial score (nSPS) is 18.4. The number of likely N-dealkylation sites (tertiary alicyclic amines) is 1. The van der Waals surface area contributed by atoms with Crippen LogP contribution in [0.2, 0.25) is 0 Å². The average molecular weight is 446 g/mol. The van der Waals surface area contributed by atoms with E-state index in [0.29, 0.717) is 31.5 Å². The first-order chi connectivity index (χ1) is 15.9. The zero-order valence-electron chi connectivity index (χ0n) is 18.5. The summed E-state index contributed by atoms with van der Waals surface area (Å²) in [5.74, 6) is 0.520. The minimum absolute atomic E-state index is 0.0473. The predicted octanol–water partition coefficient (Wildman–Crippen LogP) is 2.62. The third kappa shape index (κ3) is 3.87. The van der Waals surface area contributed by atoms with E-state index in [-0.39, 0.29) is 11.9 Å². The van der Waals surface area contributed by atoms with E-state index >= 15 is 0 Å². The Labute approximate surface area is 191 Å². The van der Waals surface area contributed by atoms with Gasteiger partial charge >= 0.3 is 0 Å². The number of carbonyl (C=O) groups excluding carboxylic acids is 2. The Bertz CT molecular complexity index is 1350. The molecule has 0 aliphatic carbocycles. The number of benzene rings is 2. The van der Waals surface area contributed by atoms with E-state index in [1.54, 1.807) is 17.0 Å². The number of primary amides is 1. The van der Waals surface area contributed by atoms with E-state index in [2.05, 4.69) is 9.55 Å². The molecule has 2 amide bonds. The number of hydrogen-bond acceptors (Lipinski definition) is 4. The molecule has 0 spiro atoms. The highest BCUT2D eigenvalue weighted by molar-refractivity contribution is 5.97. The summed E-state index contributed by atoms with van der Waals surface area (Å²) in [4.78, 5) is 30.7. The minimum atomic E-state index is -0.653. The van der Waals surface area contributed by atoms with Gasteiger partial charge in [0, 0.05) is 48.7 Å². The molecule has 1 aliphatic rings. The van der Waals surface area contributed by atoms with Crippen molar-refractivity contribution < 1.29 is 14.7 Å². The zero-order chi connectivity index (χ0) is 23.1. The number of nitrogens with zero attached hydrogens (tertiary/aromatic N) is 4. The summed E-state index contributed by atoms with van der Waals surface area (Å²) in [6, 6.07) is 15.0. The molecule has 8 nitrogen and oxygen atoms in total. The highest BCUT2D eigenvalue weighted by Crippen LogP contribution is 2.29. The van der Waals surface area contributed by atoms with Crippen LogP contribution in [0.15, 0.2) is 54.7 Å². The quantitative estimate of drug-likeness (QED) is 0.476. The number of imidazole rings is 1. The van der Waals surface area contributed by atoms with Gasteiger partial charge < -0.3 is 24.9 Å². The SMILES string of the molecule is Cc1nc2ccccc2n1CCCC(=O)N1C[C@@H](O)[C@H](n2ccc3cc(C(N)=O)ccc32)C1. The van der Waals surface area contributed by atoms with Gasteiger partial charge in [-0.25, -0.2) is 4.98 Å². The van der Waals surface area contributed by atoms with Gasteiger partial charge in [-0.3, -0.25) is 9.59 Å². The number of aliphatic hydroxyl groups is 1. The number of aromatic nitrogens is 3. The molecule has 33 heavy (non-hydrogen) atoms. The fraction of sp³-hybridized carbons (Fsp3) is 0.320. The molecular weight excluding hydrogens is 418 g/mol. The molecule has 2 aromatic heterocycles. The van der Waals surface area contributed by atoms with E-state index in [1.807, 2.05) is 54.1 Å². The smallest absolute Gasteiger partial charge is 0.248 e. The van der Waals surface area contributed by atoms with Gasteiger partial charge in [0.25, 0.3) is 0 Å². The van der Waals surface area contributed by atoms with Crippen molar-refractivity contribution in [3.63, 3.8) is 0 Å². The van der Waals surface area contributed by atoms with Gasteiger partial charge in [-0.1, -0.05) is 12.1 Å². The lowest BCUT2D eigenvalue weighted by Crippen LogP contribution is -2.29. The topological polar surface area (TPSA) is 106 Å². The summed E-state index contributed by atoms with van der Waals surface area (Å²) in [6.07, 6.45) is 2.36. The summed E-state index contributed by atoms with van der Waals surface area (Å²) in [7, 11) is 0. The van der Waals surface area contributed by atoms with Crippen LogP contribution in [0, 0.1) is 6.92 Å². The van der Waals surface area contributed by atoms with Crippen molar-refractivity contribution in [2.24, 2.45) is 5.73 Å². The van der Waals surface area contributed by atoms with Crippen LogP contribution < -0.4 is 5.73 Å². The van der Waals surface area contributed by atoms with E-state index in [0.717, 1.165) is 34.3 Å². The molecule has 2 atom stereocenters. The van der Waals surface area contributed by atoms with E-state index < -0.39 is 12.0 Å². The van der Waals surface area contributed by atoms with Gasteiger partial charge in [-0.2, -0.15) is 0 Å². The van der Waals surface area contributed by atoms with Crippen molar-refractivity contribution in [1.82, 2.24) is 19.0 Å². The Morgan fingerprint density at radius 1 is 1.12 bits per heavy atom. The molecule has 3 heterocycles. The Morgan fingerprint density at radius 3 is 2.76 bits per heavy atom. The van der Waals surface area contributed by atoms with Gasteiger partial charge in [0.15, 0.2) is 0 Å². The fourth-order valence-electron chi connectivity index (χ4n) is 4.88. The first kappa shape index (κ1) is 21.2. The van der Waals surface area contributed by atoms with Gasteiger partial charge in [0.1, 0.15) is 5.82 Å². The van der Waals surface area contributed by atoms with E-state index in [1.165, 1.54) is 0 Å². The third-order valence-corrected chi connectivity index (χ3v) is 6.59. The van der Waals surface area contributed by atoms with E-state index in [4.69, 9.17) is 5.73 Å². The number of β-amino-alcohol motifs (C(OH)–C–C–N with tert-alkyl or cyclic N) is 1. The summed E-state index contributed by atoms with van der Waals surface area (Å²) >= 11 is 0. The number of aryl methyl sites for hydroxylation is 2. The number of fused-ring (bicyclic) bond motifs is 2. The second-order valence-electron chi connectivity index (χ2n) is 8.70. The van der Waals surface area contributed by atoms with Crippen LogP contribution in [0.25, 0.3) is 21.9 Å². The second-order valence-corrected chi connectivity index (χ2v) is 8.70. The first-order valence-corrected chi connectivity index (χ1v) is 11.2. The fourth-order valence-corrected chi connectivity index (χ4v) is 4.88. The number of para-hydroxylation sites is 2. The van der Waals surface area contributed by atoms with Crippen molar-refractivity contribution in [2.75, 3.05) is 13.1 Å². The largest absolute Gasteiger partial charge is 0.389 e. The van der Waals surface area contributed by atoms with Gasteiger partial charge in [-0.15, -0.1) is 0 Å². The molecule has 0 bridgehead atoms. The van der Waals surface area contributed by atoms with E-state index in [9.17, 15) is 14.7 Å². The molecular formula is C25H27N5O3. The average Bonchev–Trinajstić information content (AvgIpc) is 3.48. The second kappa shape index (κ2) is 8.37. The van der Waals surface area contributed by atoms with Crippen molar-refractivity contribution in [2.45, 2.75) is 38.5 Å². The highest BCUT2D eigenvalue weighted by Gasteiger charge is 2.35. The Kier molecular flexibility index (Phi) is 5.38. The minimum Gasteiger partial charge on any atom is -0.389 e. The first-order valence-electron chi connectivity index (χ1n) is 11.2. The van der Waals surface area contributed by atoms with Crippen molar-refractivity contribution >= 4 is 33.8 Å². The van der Waals surface area contributed by atoms with Crippen LogP contribution in [0.4, 0.5) is 0 Å². The molecule has 8 heteroatoms. The standard InChI is InChI=1S/C25H27N5O3/c1-16-27-19-5-2-3-6-21(19)29(16)11-4-7-24(32)28-14-22(23(31)15-28)30-12-10-17-13-18(25(26)33)8-9-20(17)30/h2-3,5-6,8-10,12-13,22-23,31H,4,7,11,14-15H2,1H3,(H2,26,33)/t22-,23-/m1/s1. The van der Waals surface area contributed by atoms with Crippen LogP contribution in [-0.4, -0.2) is 55.1 Å². The molecule has 0 saturated carbocycles. The monoisotopic (exact) mass is 445 g/mol. The molecule has 170 valence electrons. The maximum Gasteiger partial charge on any atom is 0.248 e. The summed E-state index contributed by atoms with van der Waals surface area (Å²) < 4.78 is 4.13. The van der Waals surface area contributed by atoms with Crippen LogP contribution in [0.3, 0.4) is 0 Å². The molecule has 2 aromatic carbocycles. The van der Waals surface area contributed by atoms with Crippen molar-refractivity contribution in [3.8, 4) is 0 Å². The molecule has 1 aliphatic heterocycles. The van der Waals surface area contributed by atoms with Crippen LogP contribution in [0.5, 0.6) is 0 Å². The van der Waals surface area contributed by atoms with Crippen LogP contribution in [0.1, 0.15) is 35.1 Å². The maximum atomic E-state index is 12.9. The molecule has 0 radical (unpaired) electrons. The number of carbonyl (C=O) groups is 2. The third-order valence-electron chi connectivity index (χ3n) is 6.59. The predicted molar refractivity (Wildman–Crippen MR) is 126 cm³/mol. The molecule has 5 rings (SSSR count). The Hall–Kier alpha value is -3.65. The highest BCUT2D eigenvalue weighted by atomic mass is 16.3. The molecule has 4 aromatic rings. The lowest BCUT2D eigenvalue weighted by atomic mass is 10.1. The lowest BCUT2D eigenvalue weighted by Gasteiger charge is -2.18. The number of amides is 2. The van der Waals surface area contributed by atoms with Crippen LogP contribution >= 0.6 is 0 Å². The van der Waals surface area contributed by atoms with Crippen molar-refractivity contribution in [3.05, 3.63) is 66.1 Å². The van der Waals surface area contributed by atoms with Gasteiger partial charge in [0.05, 0.1) is 23.2 Å². The molecule has 0 unspecified atom stereocenters. The molecule has 1 saturated heterocycles. The summed E-state index contributed by atoms with van der Waals surface area (Å²) in [5, 5.41) is 11.6. The zero-order valence-corrected chi connectivity index (χ0v) is 18.5. The number of rotatable bonds is 6. The Balaban J connectivity index is 1.24. The summed E-state index contributed by atoms with van der Waals surface area (Å²) in [5.41, 5.74) is 8.78. The van der Waals surface area contributed by atoms with Crippen LogP contribution in [-0.2, 0) is 11.3 Å². The summed E-state index contributed by atoms with van der Waals surface area (Å²) in [6.45, 7) is 3.48. The number of nitrogens with two attached hydrogens (primary N) is 1. The molecule has 1 fully saturated rings. The molecule has 3 N–H and O–H groups in total. The lowest BCUT2D eigenvalue weighted by molar-refractivity contribution is -0.130. The maximum absolute atomic E-state index is 12.9. The van der Waals surface area contributed by atoms with Gasteiger partial charge in [-0.05, 0) is 49.7 Å². The number of aliphatic hydroxyl groups excluding tert-OH is 1. The Morgan fingerprint density at radius 2 is 1.94 bits per heavy atom.